The van der Waals surface area contributed by atoms with Gasteiger partial charge in [0.2, 0.25) is 0 Å². The van der Waals surface area contributed by atoms with Gasteiger partial charge < -0.3 is 9.84 Å². The fraction of sp³-hybridized carbons (Fsp3) is 0.647. The highest BCUT2D eigenvalue weighted by atomic mass is 79.9. The van der Waals surface area contributed by atoms with Crippen LogP contribution >= 0.6 is 15.9 Å². The Morgan fingerprint density at radius 1 is 1.24 bits per heavy atom. The molecule has 0 saturated heterocycles. The Labute approximate surface area is 134 Å². The first-order valence-electron chi connectivity index (χ1n) is 7.83. The summed E-state index contributed by atoms with van der Waals surface area (Å²) < 4.78 is 20.2. The van der Waals surface area contributed by atoms with Gasteiger partial charge in [0.25, 0.3) is 0 Å². The summed E-state index contributed by atoms with van der Waals surface area (Å²) in [4.78, 5) is 0. The second-order valence-electron chi connectivity index (χ2n) is 5.91. The molecule has 0 amide bonds. The third-order valence-corrected chi connectivity index (χ3v) is 4.80. The third kappa shape index (κ3) is 4.51. The molecule has 1 aliphatic carbocycles. The number of ether oxygens (including phenoxy) is 1. The Morgan fingerprint density at radius 3 is 2.48 bits per heavy atom. The molecule has 1 N–H and O–H groups in total. The number of benzene rings is 1. The molecule has 4 heteroatoms. The summed E-state index contributed by atoms with van der Waals surface area (Å²) in [7, 11) is 0. The fourth-order valence-corrected chi connectivity index (χ4v) is 3.84. The van der Waals surface area contributed by atoms with Crippen LogP contribution in [-0.4, -0.2) is 23.4 Å². The maximum atomic E-state index is 13.5. The summed E-state index contributed by atoms with van der Waals surface area (Å²) in [5.74, 6) is -0.280. The number of halogens is 2. The number of rotatable bonds is 5. The molecule has 1 aromatic rings. The quantitative estimate of drug-likeness (QED) is 0.778. The number of aliphatic hydroxyl groups excluding tert-OH is 1. The SMILES string of the molecule is CCOC1(C(O)Cc2cc(F)cc(Br)c2)CCCCCC1. The highest BCUT2D eigenvalue weighted by Crippen LogP contribution is 2.35. The third-order valence-electron chi connectivity index (χ3n) is 4.34. The van der Waals surface area contributed by atoms with Crippen molar-refractivity contribution in [3.8, 4) is 0 Å². The van der Waals surface area contributed by atoms with E-state index in [1.165, 1.54) is 25.0 Å². The smallest absolute Gasteiger partial charge is 0.124 e. The van der Waals surface area contributed by atoms with Crippen LogP contribution < -0.4 is 0 Å². The largest absolute Gasteiger partial charge is 0.390 e. The Kier molecular flexibility index (Phi) is 6.20. The fourth-order valence-electron chi connectivity index (χ4n) is 3.33. The molecule has 0 radical (unpaired) electrons. The van der Waals surface area contributed by atoms with Gasteiger partial charge in [0.05, 0.1) is 11.7 Å². The number of hydrogen-bond donors (Lipinski definition) is 1. The van der Waals surface area contributed by atoms with Crippen molar-refractivity contribution < 1.29 is 14.2 Å². The summed E-state index contributed by atoms with van der Waals surface area (Å²) >= 11 is 3.30. The van der Waals surface area contributed by atoms with Crippen molar-refractivity contribution in [2.24, 2.45) is 0 Å². The minimum atomic E-state index is -0.593. The Hall–Kier alpha value is -0.450. The molecular formula is C17H24BrFO2. The Morgan fingerprint density at radius 2 is 1.90 bits per heavy atom. The molecule has 0 spiro atoms. The molecular weight excluding hydrogens is 335 g/mol. The molecule has 1 atom stereocenters. The zero-order valence-electron chi connectivity index (χ0n) is 12.6. The molecule has 21 heavy (non-hydrogen) atoms. The van der Waals surface area contributed by atoms with Gasteiger partial charge in [-0.15, -0.1) is 0 Å². The summed E-state index contributed by atoms with van der Waals surface area (Å²) in [6.07, 6.45) is 6.19. The highest BCUT2D eigenvalue weighted by molar-refractivity contribution is 9.10. The van der Waals surface area contributed by atoms with E-state index in [1.807, 2.05) is 13.0 Å². The molecule has 2 rings (SSSR count). The van der Waals surface area contributed by atoms with Gasteiger partial charge in [-0.25, -0.2) is 4.39 Å². The standard InChI is InChI=1S/C17H24BrFO2/c1-2-21-17(7-5-3-4-6-8-17)16(20)11-13-9-14(18)12-15(19)10-13/h9-10,12,16,20H,2-8,11H2,1H3. The maximum Gasteiger partial charge on any atom is 0.124 e. The van der Waals surface area contributed by atoms with Gasteiger partial charge >= 0.3 is 0 Å². The number of aliphatic hydroxyl groups is 1. The van der Waals surface area contributed by atoms with Gasteiger partial charge in [-0.2, -0.15) is 0 Å². The summed E-state index contributed by atoms with van der Waals surface area (Å²) in [5, 5.41) is 10.8. The predicted molar refractivity (Wildman–Crippen MR) is 85.9 cm³/mol. The zero-order valence-corrected chi connectivity index (χ0v) is 14.2. The molecule has 0 bridgehead atoms. The van der Waals surface area contributed by atoms with Crippen LogP contribution in [0.4, 0.5) is 4.39 Å². The molecule has 0 aliphatic heterocycles. The van der Waals surface area contributed by atoms with Gasteiger partial charge in [-0.05, 0) is 43.5 Å². The van der Waals surface area contributed by atoms with Crippen LogP contribution in [-0.2, 0) is 11.2 Å². The average molecular weight is 359 g/mol. The van der Waals surface area contributed by atoms with Gasteiger partial charge in [0, 0.05) is 17.5 Å². The molecule has 1 fully saturated rings. The average Bonchev–Trinajstić information content (AvgIpc) is 2.64. The molecule has 1 unspecified atom stereocenters. The molecule has 2 nitrogen and oxygen atoms in total. The van der Waals surface area contributed by atoms with Gasteiger partial charge in [0.15, 0.2) is 0 Å². The van der Waals surface area contributed by atoms with E-state index in [-0.39, 0.29) is 5.82 Å². The monoisotopic (exact) mass is 358 g/mol. The molecule has 118 valence electrons. The van der Waals surface area contributed by atoms with E-state index in [9.17, 15) is 9.50 Å². The topological polar surface area (TPSA) is 29.5 Å². The summed E-state index contributed by atoms with van der Waals surface area (Å²) in [6.45, 7) is 2.57. The zero-order chi connectivity index (χ0) is 15.3. The lowest BCUT2D eigenvalue weighted by Crippen LogP contribution is -2.46. The van der Waals surface area contributed by atoms with Crippen molar-refractivity contribution in [1.82, 2.24) is 0 Å². The van der Waals surface area contributed by atoms with Crippen LogP contribution in [0, 0.1) is 5.82 Å². The van der Waals surface area contributed by atoms with Crippen LogP contribution in [0.1, 0.15) is 51.0 Å². The van der Waals surface area contributed by atoms with Crippen molar-refractivity contribution in [3.63, 3.8) is 0 Å². The van der Waals surface area contributed by atoms with Crippen molar-refractivity contribution in [1.29, 1.82) is 0 Å². The Bertz CT molecular complexity index is 436. The van der Waals surface area contributed by atoms with Crippen molar-refractivity contribution in [3.05, 3.63) is 34.1 Å². The van der Waals surface area contributed by atoms with E-state index in [0.29, 0.717) is 17.5 Å². The second kappa shape index (κ2) is 7.70. The lowest BCUT2D eigenvalue weighted by Gasteiger charge is -2.37. The molecule has 1 aliphatic rings. The first kappa shape index (κ1) is 16.9. The van der Waals surface area contributed by atoms with E-state index in [1.54, 1.807) is 0 Å². The minimum Gasteiger partial charge on any atom is -0.390 e. The van der Waals surface area contributed by atoms with Crippen LogP contribution in [0.15, 0.2) is 22.7 Å². The van der Waals surface area contributed by atoms with Crippen molar-refractivity contribution in [2.45, 2.75) is 63.6 Å². The lowest BCUT2D eigenvalue weighted by molar-refractivity contribution is -0.128. The van der Waals surface area contributed by atoms with Gasteiger partial charge in [-0.1, -0.05) is 41.6 Å². The first-order chi connectivity index (χ1) is 10.1. The van der Waals surface area contributed by atoms with Crippen LogP contribution in [0.5, 0.6) is 0 Å². The maximum absolute atomic E-state index is 13.5. The molecule has 0 aromatic heterocycles. The van der Waals surface area contributed by atoms with E-state index < -0.39 is 11.7 Å². The normalized spacial score (nSPS) is 20.0. The second-order valence-corrected chi connectivity index (χ2v) is 6.83. The van der Waals surface area contributed by atoms with E-state index in [2.05, 4.69) is 15.9 Å². The highest BCUT2D eigenvalue weighted by Gasteiger charge is 2.38. The van der Waals surface area contributed by atoms with E-state index >= 15 is 0 Å². The predicted octanol–water partition coefficient (Wildman–Crippen LogP) is 4.62. The minimum absolute atomic E-state index is 0.280. The van der Waals surface area contributed by atoms with Crippen LogP contribution in [0.25, 0.3) is 0 Å². The van der Waals surface area contributed by atoms with Gasteiger partial charge in [-0.3, -0.25) is 0 Å². The Balaban J connectivity index is 2.15. The van der Waals surface area contributed by atoms with Gasteiger partial charge in [0.1, 0.15) is 5.82 Å². The first-order valence-corrected chi connectivity index (χ1v) is 8.62. The number of hydrogen-bond acceptors (Lipinski definition) is 2. The summed E-state index contributed by atoms with van der Waals surface area (Å²) in [6, 6.07) is 4.78. The van der Waals surface area contributed by atoms with Crippen LogP contribution in [0.2, 0.25) is 0 Å². The summed E-state index contributed by atoms with van der Waals surface area (Å²) in [5.41, 5.74) is 0.335. The van der Waals surface area contributed by atoms with Crippen molar-refractivity contribution in [2.75, 3.05) is 6.61 Å². The van der Waals surface area contributed by atoms with Crippen molar-refractivity contribution >= 4 is 15.9 Å². The van der Waals surface area contributed by atoms with E-state index in [4.69, 9.17) is 4.74 Å². The molecule has 1 aromatic carbocycles. The molecule has 0 heterocycles. The van der Waals surface area contributed by atoms with Crippen LogP contribution in [0.3, 0.4) is 0 Å². The lowest BCUT2D eigenvalue weighted by atomic mass is 9.84. The molecule has 1 saturated carbocycles. The van der Waals surface area contributed by atoms with E-state index in [0.717, 1.165) is 31.2 Å².